The van der Waals surface area contributed by atoms with Crippen LogP contribution in [0.2, 0.25) is 0 Å². The molecule has 2 fully saturated rings. The summed E-state index contributed by atoms with van der Waals surface area (Å²) in [5.41, 5.74) is 4.92. The van der Waals surface area contributed by atoms with Gasteiger partial charge in [-0.05, 0) is 55.7 Å². The van der Waals surface area contributed by atoms with Crippen molar-refractivity contribution in [1.29, 1.82) is 0 Å². The molecule has 7 rings (SSSR count). The number of ketones is 1. The van der Waals surface area contributed by atoms with Gasteiger partial charge < -0.3 is 20.3 Å². The fourth-order valence-electron chi connectivity index (χ4n) is 6.11. The lowest BCUT2D eigenvalue weighted by Crippen LogP contribution is -2.43. The second kappa shape index (κ2) is 12.8. The highest BCUT2D eigenvalue weighted by molar-refractivity contribution is 7.13. The number of nitrogens with zero attached hydrogens (tertiary/aromatic N) is 6. The summed E-state index contributed by atoms with van der Waals surface area (Å²) in [5.74, 6) is -0.0526. The number of rotatable bonds is 8. The Kier molecular flexibility index (Phi) is 8.33. The molecule has 0 aliphatic carbocycles. The van der Waals surface area contributed by atoms with Gasteiger partial charge in [-0.15, -0.1) is 11.3 Å². The zero-order chi connectivity index (χ0) is 30.8. The van der Waals surface area contributed by atoms with Gasteiger partial charge in [-0.3, -0.25) is 19.1 Å². The van der Waals surface area contributed by atoms with Gasteiger partial charge in [-0.25, -0.2) is 9.97 Å². The molecule has 2 aliphatic rings. The van der Waals surface area contributed by atoms with Crippen molar-refractivity contribution < 1.29 is 9.53 Å². The summed E-state index contributed by atoms with van der Waals surface area (Å²) in [6.07, 6.45) is 6.31. The van der Waals surface area contributed by atoms with Gasteiger partial charge in [0.2, 0.25) is 5.95 Å². The van der Waals surface area contributed by atoms with E-state index in [0.29, 0.717) is 48.7 Å². The highest BCUT2D eigenvalue weighted by Gasteiger charge is 2.27. The lowest BCUT2D eigenvalue weighted by Gasteiger charge is -2.30. The smallest absolute Gasteiger partial charge is 0.263 e. The summed E-state index contributed by atoms with van der Waals surface area (Å²) >= 11 is 1.48. The average Bonchev–Trinajstić information content (AvgIpc) is 3.62. The number of nitrogens with one attached hydrogen (secondary N) is 2. The van der Waals surface area contributed by atoms with Gasteiger partial charge in [-0.2, -0.15) is 4.98 Å². The van der Waals surface area contributed by atoms with Crippen LogP contribution in [-0.4, -0.2) is 69.7 Å². The third-order valence-corrected chi connectivity index (χ3v) is 9.23. The zero-order valence-electron chi connectivity index (χ0n) is 25.0. The molecule has 0 unspecified atom stereocenters. The van der Waals surface area contributed by atoms with E-state index >= 15 is 0 Å². The molecule has 45 heavy (non-hydrogen) atoms. The second-order valence-corrected chi connectivity index (χ2v) is 12.3. The van der Waals surface area contributed by atoms with Crippen molar-refractivity contribution in [3.63, 3.8) is 0 Å². The van der Waals surface area contributed by atoms with Crippen LogP contribution in [0.5, 0.6) is 0 Å². The van der Waals surface area contributed by atoms with Crippen LogP contribution in [-0.2, 0) is 11.3 Å². The molecule has 0 amide bonds. The normalized spacial score (nSPS) is 15.8. The van der Waals surface area contributed by atoms with Gasteiger partial charge in [0.1, 0.15) is 16.3 Å². The Balaban J connectivity index is 1.28. The number of aromatic nitrogens is 5. The summed E-state index contributed by atoms with van der Waals surface area (Å²) in [5, 5.41) is 9.99. The predicted octanol–water partition coefficient (Wildman–Crippen LogP) is 4.43. The Hall–Kier alpha value is -4.52. The van der Waals surface area contributed by atoms with Crippen molar-refractivity contribution >= 4 is 45.5 Å². The molecule has 6 heterocycles. The van der Waals surface area contributed by atoms with Crippen LogP contribution in [0.4, 0.5) is 17.3 Å². The molecular formula is C33H34N8O3S. The Morgan fingerprint density at radius 1 is 1.09 bits per heavy atom. The largest absolute Gasteiger partial charge is 0.381 e. The molecular weight excluding hydrogens is 588 g/mol. The molecule has 4 aromatic heterocycles. The average molecular weight is 623 g/mol. The number of anilines is 3. The van der Waals surface area contributed by atoms with Crippen molar-refractivity contribution in [2.45, 2.75) is 26.3 Å². The Bertz CT molecular complexity index is 1900. The van der Waals surface area contributed by atoms with Gasteiger partial charge in [0.15, 0.2) is 5.78 Å². The van der Waals surface area contributed by atoms with Crippen molar-refractivity contribution in [2.75, 3.05) is 49.6 Å². The number of carbonyl (C=O) groups excluding carboxylic acids is 1. The summed E-state index contributed by atoms with van der Waals surface area (Å²) in [4.78, 5) is 48.6. The van der Waals surface area contributed by atoms with E-state index in [0.717, 1.165) is 48.0 Å². The van der Waals surface area contributed by atoms with Crippen LogP contribution >= 0.6 is 11.3 Å². The molecule has 0 spiro atoms. The number of fused-ring (bicyclic) bond motifs is 1. The number of pyridine rings is 2. The number of piperazine rings is 1. The van der Waals surface area contributed by atoms with Crippen molar-refractivity contribution in [2.24, 2.45) is 5.92 Å². The van der Waals surface area contributed by atoms with Crippen LogP contribution in [0.1, 0.15) is 34.3 Å². The maximum absolute atomic E-state index is 14.2. The van der Waals surface area contributed by atoms with Crippen LogP contribution in [0.25, 0.3) is 21.7 Å². The van der Waals surface area contributed by atoms with E-state index < -0.39 is 0 Å². The summed E-state index contributed by atoms with van der Waals surface area (Å²) < 4.78 is 7.04. The first-order valence-corrected chi connectivity index (χ1v) is 16.1. The molecule has 0 atom stereocenters. The van der Waals surface area contributed by atoms with Gasteiger partial charge in [0.05, 0.1) is 12.1 Å². The lowest BCUT2D eigenvalue weighted by molar-refractivity contribution is 0.0543. The number of Topliss-reactive ketones (excluding diaryl/α,β-unsaturated/α-hetero) is 1. The number of benzene rings is 1. The van der Waals surface area contributed by atoms with Crippen LogP contribution in [0.3, 0.4) is 0 Å². The molecule has 1 aromatic carbocycles. The minimum atomic E-state index is -0.381. The topological polar surface area (TPSA) is 127 Å². The monoisotopic (exact) mass is 622 g/mol. The predicted molar refractivity (Wildman–Crippen MR) is 176 cm³/mol. The fraction of sp³-hybridized carbons (Fsp3) is 0.333. The Labute approximate surface area is 264 Å². The summed E-state index contributed by atoms with van der Waals surface area (Å²) in [6.45, 7) is 7.18. The minimum absolute atomic E-state index is 0.150. The van der Waals surface area contributed by atoms with E-state index in [2.05, 4.69) is 49.5 Å². The Morgan fingerprint density at radius 3 is 2.71 bits per heavy atom. The van der Waals surface area contributed by atoms with Crippen molar-refractivity contribution in [3.8, 4) is 10.7 Å². The summed E-state index contributed by atoms with van der Waals surface area (Å²) in [7, 11) is 0. The second-order valence-electron chi connectivity index (χ2n) is 11.4. The highest BCUT2D eigenvalue weighted by atomic mass is 32.1. The van der Waals surface area contributed by atoms with Crippen LogP contribution < -0.4 is 21.1 Å². The first kappa shape index (κ1) is 29.2. The lowest BCUT2D eigenvalue weighted by atomic mass is 9.91. The van der Waals surface area contributed by atoms with E-state index in [1.54, 1.807) is 29.2 Å². The first-order valence-electron chi connectivity index (χ1n) is 15.2. The van der Waals surface area contributed by atoms with Gasteiger partial charge >= 0.3 is 0 Å². The standard InChI is InChI=1S/C33H34N8O3S/c1-21-17-25(4-5-27(21)40-12-9-34-10-13-40)38-33-37-19-24-18-26(29(42)22-6-14-44-15-7-22)32(43)41(30(24)39-33)20-23-3-2-8-35-28(23)31-36-11-16-45-31/h2-5,8,11,16-19,22,34H,6-7,9-10,12-15,20H2,1H3,(H,37,38,39). The van der Waals surface area contributed by atoms with E-state index in [-0.39, 0.29) is 29.4 Å². The van der Waals surface area contributed by atoms with Crippen molar-refractivity contribution in [1.82, 2.24) is 29.8 Å². The Morgan fingerprint density at radius 2 is 1.93 bits per heavy atom. The molecule has 0 saturated carbocycles. The van der Waals surface area contributed by atoms with Gasteiger partial charge in [0, 0.05) is 91.6 Å². The maximum Gasteiger partial charge on any atom is 0.263 e. The highest BCUT2D eigenvalue weighted by Crippen LogP contribution is 2.28. The van der Waals surface area contributed by atoms with Gasteiger partial charge in [0.25, 0.3) is 5.56 Å². The molecule has 5 aromatic rings. The molecule has 230 valence electrons. The number of carbonyl (C=O) groups is 1. The number of aryl methyl sites for hydroxylation is 1. The third-order valence-electron chi connectivity index (χ3n) is 8.45. The van der Waals surface area contributed by atoms with E-state index in [4.69, 9.17) is 9.72 Å². The molecule has 2 saturated heterocycles. The molecule has 0 radical (unpaired) electrons. The number of ether oxygens (including phenoxy) is 1. The first-order chi connectivity index (χ1) is 22.0. The van der Waals surface area contributed by atoms with Crippen molar-refractivity contribution in [3.05, 3.63) is 87.4 Å². The quantitative estimate of drug-likeness (QED) is 0.240. The fourth-order valence-corrected chi connectivity index (χ4v) is 6.78. The number of hydrogen-bond acceptors (Lipinski definition) is 11. The third kappa shape index (κ3) is 6.08. The van der Waals surface area contributed by atoms with E-state index in [9.17, 15) is 9.59 Å². The molecule has 11 nitrogen and oxygen atoms in total. The molecule has 12 heteroatoms. The minimum Gasteiger partial charge on any atom is -0.381 e. The maximum atomic E-state index is 14.2. The van der Waals surface area contributed by atoms with E-state index in [1.807, 2.05) is 23.6 Å². The van der Waals surface area contributed by atoms with Crippen LogP contribution in [0, 0.1) is 12.8 Å². The van der Waals surface area contributed by atoms with Gasteiger partial charge in [-0.1, -0.05) is 6.07 Å². The number of hydrogen-bond donors (Lipinski definition) is 2. The molecule has 0 bridgehead atoms. The van der Waals surface area contributed by atoms with E-state index in [1.165, 1.54) is 17.0 Å². The van der Waals surface area contributed by atoms with Crippen LogP contribution in [0.15, 0.2) is 65.2 Å². The molecule has 2 aliphatic heterocycles. The summed E-state index contributed by atoms with van der Waals surface area (Å²) in [6, 6.07) is 11.6. The molecule has 2 N–H and O–H groups in total. The zero-order valence-corrected chi connectivity index (χ0v) is 25.8. The SMILES string of the molecule is Cc1cc(Nc2ncc3cc(C(=O)C4CCOCC4)c(=O)n(Cc4cccnc4-c4nccs4)c3n2)ccc1N1CCNCC1. The number of thiazole rings is 1.